The first-order valence-electron chi connectivity index (χ1n) is 6.53. The summed E-state index contributed by atoms with van der Waals surface area (Å²) in [5, 5.41) is 8.70. The average molecular weight is 246 g/mol. The number of ether oxygens (including phenoxy) is 1. The maximum absolute atomic E-state index is 10.6. The van der Waals surface area contributed by atoms with Gasteiger partial charge in [-0.25, -0.2) is 4.79 Å². The van der Waals surface area contributed by atoms with Crippen LogP contribution in [0, 0.1) is 0 Å². The molecule has 0 saturated heterocycles. The fourth-order valence-electron chi connectivity index (χ4n) is 1.98. The smallest absolute Gasteiger partial charge is 0.450 e. The average Bonchev–Trinajstić information content (AvgIpc) is 2.25. The molecule has 0 saturated carbocycles. The van der Waals surface area contributed by atoms with Crippen LogP contribution in [0.3, 0.4) is 0 Å². The first-order valence-corrected chi connectivity index (χ1v) is 8.16. The van der Waals surface area contributed by atoms with Crippen LogP contribution in [0.1, 0.15) is 59.3 Å². The maximum atomic E-state index is 10.6. The van der Waals surface area contributed by atoms with Gasteiger partial charge in [-0.15, -0.1) is 0 Å². The van der Waals surface area contributed by atoms with Crippen molar-refractivity contribution in [3.8, 4) is 0 Å². The molecule has 0 aromatic carbocycles. The highest BCUT2D eigenvalue weighted by molar-refractivity contribution is 6.39. The van der Waals surface area contributed by atoms with Gasteiger partial charge < -0.3 is 9.84 Å². The first-order chi connectivity index (χ1) is 7.63. The Morgan fingerprint density at radius 3 is 2.31 bits per heavy atom. The Morgan fingerprint density at radius 2 is 1.88 bits per heavy atom. The molecule has 0 spiro atoms. The predicted molar refractivity (Wildman–Crippen MR) is 69.9 cm³/mol. The van der Waals surface area contributed by atoms with E-state index in [2.05, 4.69) is 20.8 Å². The molecule has 0 aliphatic carbocycles. The molecule has 0 amide bonds. The van der Waals surface area contributed by atoms with Crippen molar-refractivity contribution in [1.29, 1.82) is 0 Å². The summed E-state index contributed by atoms with van der Waals surface area (Å²) < 4.78 is 5.01. The van der Waals surface area contributed by atoms with E-state index in [1.165, 1.54) is 12.8 Å². The summed E-state index contributed by atoms with van der Waals surface area (Å²) in [4.78, 5) is 10.6. The van der Waals surface area contributed by atoms with Crippen molar-refractivity contribution in [2.24, 2.45) is 0 Å². The van der Waals surface area contributed by atoms with Crippen molar-refractivity contribution in [3.63, 3.8) is 0 Å². The molecule has 0 aliphatic heterocycles. The highest BCUT2D eigenvalue weighted by atomic mass is 28.2. The zero-order valence-corrected chi connectivity index (χ0v) is 12.3. The van der Waals surface area contributed by atoms with Crippen LogP contribution in [0.5, 0.6) is 0 Å². The summed E-state index contributed by atoms with van der Waals surface area (Å²) in [6.07, 6.45) is 5.61. The maximum Gasteiger partial charge on any atom is 0.505 e. The lowest BCUT2D eigenvalue weighted by molar-refractivity contribution is 0.0747. The first kappa shape index (κ1) is 15.5. The highest BCUT2D eigenvalue weighted by Crippen LogP contribution is 2.18. The molecule has 1 N–H and O–H groups in total. The summed E-state index contributed by atoms with van der Waals surface area (Å²) in [5.41, 5.74) is 0.764. The lowest BCUT2D eigenvalue weighted by atomic mass is 10.2. The third-order valence-electron chi connectivity index (χ3n) is 3.15. The van der Waals surface area contributed by atoms with Gasteiger partial charge in [-0.3, -0.25) is 0 Å². The molecule has 1 atom stereocenters. The van der Waals surface area contributed by atoms with E-state index in [4.69, 9.17) is 9.84 Å². The molecular formula is C12H26O3Si. The van der Waals surface area contributed by atoms with Gasteiger partial charge in [0, 0.05) is 0 Å². The van der Waals surface area contributed by atoms with E-state index in [-0.39, 0.29) is 5.73 Å². The molecule has 96 valence electrons. The SMILES string of the molecule is CCCCCC(OC(=O)O)[SiH2]C(CC)CC. The quantitative estimate of drug-likeness (QED) is 0.385. The molecule has 0 fully saturated rings. The molecule has 4 heteroatoms. The van der Waals surface area contributed by atoms with Crippen LogP contribution in [0.15, 0.2) is 0 Å². The van der Waals surface area contributed by atoms with Crippen LogP contribution in [0.25, 0.3) is 0 Å². The zero-order valence-electron chi connectivity index (χ0n) is 10.9. The molecule has 0 radical (unpaired) electrons. The van der Waals surface area contributed by atoms with E-state index in [1.54, 1.807) is 0 Å². The van der Waals surface area contributed by atoms with Crippen LogP contribution >= 0.6 is 0 Å². The zero-order chi connectivity index (χ0) is 12.4. The molecular weight excluding hydrogens is 220 g/mol. The van der Waals surface area contributed by atoms with Gasteiger partial charge in [0.2, 0.25) is 0 Å². The van der Waals surface area contributed by atoms with Crippen molar-refractivity contribution in [2.75, 3.05) is 0 Å². The van der Waals surface area contributed by atoms with Gasteiger partial charge in [-0.2, -0.15) is 0 Å². The van der Waals surface area contributed by atoms with E-state index in [0.29, 0.717) is 0 Å². The number of unbranched alkanes of at least 4 members (excludes halogenated alkanes) is 2. The van der Waals surface area contributed by atoms with Crippen LogP contribution in [-0.4, -0.2) is 26.5 Å². The molecule has 0 heterocycles. The molecule has 0 aromatic heterocycles. The van der Waals surface area contributed by atoms with Crippen molar-refractivity contribution in [1.82, 2.24) is 0 Å². The summed E-state index contributed by atoms with van der Waals surface area (Å²) in [5.74, 6) is 0. The molecule has 0 rings (SSSR count). The Morgan fingerprint density at radius 1 is 1.25 bits per heavy atom. The predicted octanol–water partition coefficient (Wildman–Crippen LogP) is 3.36. The van der Waals surface area contributed by atoms with Gasteiger partial charge in [0.05, 0.1) is 15.2 Å². The minimum Gasteiger partial charge on any atom is -0.450 e. The molecule has 0 aliphatic rings. The largest absolute Gasteiger partial charge is 0.505 e. The van der Waals surface area contributed by atoms with E-state index < -0.39 is 15.7 Å². The Kier molecular flexibility index (Phi) is 9.38. The second-order valence-corrected chi connectivity index (χ2v) is 6.96. The summed E-state index contributed by atoms with van der Waals surface area (Å²) in [6, 6.07) is 0. The van der Waals surface area contributed by atoms with E-state index in [0.717, 1.165) is 31.2 Å². The third kappa shape index (κ3) is 7.74. The fourth-order valence-corrected chi connectivity index (χ4v) is 4.16. The highest BCUT2D eigenvalue weighted by Gasteiger charge is 2.18. The second-order valence-electron chi connectivity index (χ2n) is 4.42. The Bertz CT molecular complexity index is 181. The topological polar surface area (TPSA) is 46.5 Å². The molecule has 1 unspecified atom stereocenters. The normalized spacial score (nSPS) is 13.5. The molecule has 0 bridgehead atoms. The number of carbonyl (C=O) groups is 1. The van der Waals surface area contributed by atoms with E-state index >= 15 is 0 Å². The van der Waals surface area contributed by atoms with Crippen molar-refractivity contribution < 1.29 is 14.6 Å². The lowest BCUT2D eigenvalue weighted by Crippen LogP contribution is -2.26. The Labute approximate surface area is 101 Å². The van der Waals surface area contributed by atoms with Crippen molar-refractivity contribution in [2.45, 2.75) is 70.6 Å². The number of hydrogen-bond donors (Lipinski definition) is 1. The van der Waals surface area contributed by atoms with Gasteiger partial charge in [0.1, 0.15) is 0 Å². The van der Waals surface area contributed by atoms with Crippen LogP contribution in [-0.2, 0) is 4.74 Å². The Hall–Kier alpha value is -0.513. The van der Waals surface area contributed by atoms with Gasteiger partial charge in [0.25, 0.3) is 0 Å². The van der Waals surface area contributed by atoms with Crippen LogP contribution < -0.4 is 0 Å². The standard InChI is InChI=1S/C12H26O3Si/c1-4-7-8-9-11(15-12(13)14)16-10(5-2)6-3/h10-11H,4-9,16H2,1-3H3,(H,13,14). The fraction of sp³-hybridized carbons (Fsp3) is 0.917. The monoisotopic (exact) mass is 246 g/mol. The summed E-state index contributed by atoms with van der Waals surface area (Å²) in [7, 11) is -0.435. The summed E-state index contributed by atoms with van der Waals surface area (Å²) >= 11 is 0. The van der Waals surface area contributed by atoms with Crippen LogP contribution in [0.2, 0.25) is 5.54 Å². The van der Waals surface area contributed by atoms with Gasteiger partial charge in [-0.1, -0.05) is 52.9 Å². The number of hydrogen-bond acceptors (Lipinski definition) is 2. The van der Waals surface area contributed by atoms with Gasteiger partial charge >= 0.3 is 6.16 Å². The minimum absolute atomic E-state index is 0.0361. The molecule has 0 aromatic rings. The molecule has 3 nitrogen and oxygen atoms in total. The lowest BCUT2D eigenvalue weighted by Gasteiger charge is -2.20. The van der Waals surface area contributed by atoms with Crippen molar-refractivity contribution >= 4 is 15.7 Å². The third-order valence-corrected chi connectivity index (χ3v) is 6.07. The van der Waals surface area contributed by atoms with E-state index in [1.807, 2.05) is 0 Å². The van der Waals surface area contributed by atoms with Gasteiger partial charge in [-0.05, 0) is 12.0 Å². The number of carboxylic acid groups (broad SMARTS) is 1. The molecule has 16 heavy (non-hydrogen) atoms. The Balaban J connectivity index is 4.02. The van der Waals surface area contributed by atoms with Gasteiger partial charge in [0.15, 0.2) is 0 Å². The van der Waals surface area contributed by atoms with Crippen molar-refractivity contribution in [3.05, 3.63) is 0 Å². The second kappa shape index (κ2) is 9.69. The van der Waals surface area contributed by atoms with E-state index in [9.17, 15) is 4.79 Å². The number of rotatable bonds is 9. The summed E-state index contributed by atoms with van der Waals surface area (Å²) in [6.45, 7) is 6.53. The van der Waals surface area contributed by atoms with Crippen LogP contribution in [0.4, 0.5) is 4.79 Å². The minimum atomic E-state index is -1.10.